The predicted octanol–water partition coefficient (Wildman–Crippen LogP) is 2.98. The van der Waals surface area contributed by atoms with Gasteiger partial charge in [-0.1, -0.05) is 6.07 Å². The first-order chi connectivity index (χ1) is 9.65. The highest BCUT2D eigenvalue weighted by atomic mass is 19.1. The van der Waals surface area contributed by atoms with Crippen molar-refractivity contribution >= 4 is 5.97 Å². The summed E-state index contributed by atoms with van der Waals surface area (Å²) in [7, 11) is 0. The number of carboxylic acid groups (broad SMARTS) is 1. The van der Waals surface area contributed by atoms with Crippen molar-refractivity contribution in [1.29, 1.82) is 0 Å². The van der Waals surface area contributed by atoms with Gasteiger partial charge in [0.25, 0.3) is 0 Å². The lowest BCUT2D eigenvalue weighted by molar-refractivity contribution is 0.0697. The quantitative estimate of drug-likeness (QED) is 0.824. The van der Waals surface area contributed by atoms with E-state index in [1.165, 1.54) is 24.3 Å². The summed E-state index contributed by atoms with van der Waals surface area (Å²) in [6.07, 6.45) is 0. The molecule has 0 saturated heterocycles. The van der Waals surface area contributed by atoms with Gasteiger partial charge in [0.2, 0.25) is 0 Å². The molecule has 0 aliphatic carbocycles. The highest BCUT2D eigenvalue weighted by Crippen LogP contribution is 2.13. The molecule has 5 heteroatoms. The van der Waals surface area contributed by atoms with E-state index in [0.29, 0.717) is 11.5 Å². The fourth-order valence-electron chi connectivity index (χ4n) is 1.57. The molecule has 2 aromatic rings. The van der Waals surface area contributed by atoms with Crippen LogP contribution in [0.25, 0.3) is 0 Å². The Labute approximate surface area is 115 Å². The summed E-state index contributed by atoms with van der Waals surface area (Å²) in [5.41, 5.74) is 0.202. The molecule has 0 spiro atoms. The molecule has 0 amide bonds. The molecule has 1 N–H and O–H groups in total. The minimum absolute atomic E-state index is 0.202. The smallest absolute Gasteiger partial charge is 0.335 e. The molecule has 0 bridgehead atoms. The SMILES string of the molecule is O=C(O)c1ccc(OCCOc2cccc(F)c2)cc1. The number of aromatic carboxylic acids is 1. The molecular formula is C15H13FO4. The lowest BCUT2D eigenvalue weighted by Crippen LogP contribution is -2.09. The van der Waals surface area contributed by atoms with Gasteiger partial charge in [0.1, 0.15) is 30.5 Å². The number of hydrogen-bond acceptors (Lipinski definition) is 3. The highest BCUT2D eigenvalue weighted by Gasteiger charge is 2.02. The fourth-order valence-corrected chi connectivity index (χ4v) is 1.57. The molecule has 0 saturated carbocycles. The van der Waals surface area contributed by atoms with E-state index in [-0.39, 0.29) is 24.6 Å². The Bertz CT molecular complexity index is 581. The van der Waals surface area contributed by atoms with Crippen molar-refractivity contribution in [3.63, 3.8) is 0 Å². The zero-order valence-corrected chi connectivity index (χ0v) is 10.6. The molecule has 4 nitrogen and oxygen atoms in total. The lowest BCUT2D eigenvalue weighted by Gasteiger charge is -2.08. The van der Waals surface area contributed by atoms with E-state index >= 15 is 0 Å². The van der Waals surface area contributed by atoms with Crippen LogP contribution in [0.3, 0.4) is 0 Å². The van der Waals surface area contributed by atoms with Gasteiger partial charge in [-0.15, -0.1) is 0 Å². The van der Waals surface area contributed by atoms with Crippen LogP contribution >= 0.6 is 0 Å². The molecule has 0 unspecified atom stereocenters. The number of rotatable bonds is 6. The number of halogens is 1. The second-order valence-electron chi connectivity index (χ2n) is 3.98. The third kappa shape index (κ3) is 3.98. The fraction of sp³-hybridized carbons (Fsp3) is 0.133. The van der Waals surface area contributed by atoms with Crippen LogP contribution in [0, 0.1) is 5.82 Å². The van der Waals surface area contributed by atoms with Crippen molar-refractivity contribution in [2.45, 2.75) is 0 Å². The van der Waals surface area contributed by atoms with Gasteiger partial charge in [-0.3, -0.25) is 0 Å². The maximum absolute atomic E-state index is 12.9. The van der Waals surface area contributed by atoms with Crippen molar-refractivity contribution in [2.75, 3.05) is 13.2 Å². The van der Waals surface area contributed by atoms with Gasteiger partial charge in [-0.05, 0) is 36.4 Å². The first-order valence-electron chi connectivity index (χ1n) is 6.00. The summed E-state index contributed by atoms with van der Waals surface area (Å²) in [5.74, 6) is -0.341. The van der Waals surface area contributed by atoms with Crippen LogP contribution < -0.4 is 9.47 Å². The molecule has 2 aromatic carbocycles. The standard InChI is InChI=1S/C15H13FO4/c16-12-2-1-3-14(10-12)20-9-8-19-13-6-4-11(5-7-13)15(17)18/h1-7,10H,8-9H2,(H,17,18). The van der Waals surface area contributed by atoms with E-state index in [9.17, 15) is 9.18 Å². The molecule has 0 radical (unpaired) electrons. The maximum Gasteiger partial charge on any atom is 0.335 e. The normalized spacial score (nSPS) is 10.1. The summed E-state index contributed by atoms with van der Waals surface area (Å²) >= 11 is 0. The Morgan fingerprint density at radius 1 is 1.00 bits per heavy atom. The molecule has 20 heavy (non-hydrogen) atoms. The Kier molecular flexibility index (Phi) is 4.55. The summed E-state index contributed by atoms with van der Waals surface area (Å²) in [6.45, 7) is 0.549. The minimum Gasteiger partial charge on any atom is -0.490 e. The molecule has 104 valence electrons. The lowest BCUT2D eigenvalue weighted by atomic mass is 10.2. The first kappa shape index (κ1) is 13.9. The van der Waals surface area contributed by atoms with Gasteiger partial charge in [-0.2, -0.15) is 0 Å². The van der Waals surface area contributed by atoms with Gasteiger partial charge in [0.05, 0.1) is 5.56 Å². The minimum atomic E-state index is -0.981. The topological polar surface area (TPSA) is 55.8 Å². The second-order valence-corrected chi connectivity index (χ2v) is 3.98. The average Bonchev–Trinajstić information content (AvgIpc) is 2.44. The summed E-state index contributed by atoms with van der Waals surface area (Å²) in [5, 5.41) is 8.75. The number of carboxylic acids is 1. The van der Waals surface area contributed by atoms with Crippen LogP contribution in [0.4, 0.5) is 4.39 Å². The van der Waals surface area contributed by atoms with Crippen molar-refractivity contribution in [1.82, 2.24) is 0 Å². The van der Waals surface area contributed by atoms with Crippen LogP contribution in [0.5, 0.6) is 11.5 Å². The monoisotopic (exact) mass is 276 g/mol. The van der Waals surface area contributed by atoms with Gasteiger partial charge >= 0.3 is 5.97 Å². The zero-order chi connectivity index (χ0) is 14.4. The van der Waals surface area contributed by atoms with E-state index in [0.717, 1.165) is 0 Å². The van der Waals surface area contributed by atoms with Crippen LogP contribution in [0.15, 0.2) is 48.5 Å². The molecule has 0 heterocycles. The molecule has 0 aliphatic rings. The largest absolute Gasteiger partial charge is 0.490 e. The van der Waals surface area contributed by atoms with Crippen molar-refractivity contribution in [3.05, 3.63) is 59.9 Å². The van der Waals surface area contributed by atoms with Crippen molar-refractivity contribution in [3.8, 4) is 11.5 Å². The summed E-state index contributed by atoms with van der Waals surface area (Å²) in [6, 6.07) is 11.9. The van der Waals surface area contributed by atoms with Gasteiger partial charge < -0.3 is 14.6 Å². The first-order valence-corrected chi connectivity index (χ1v) is 6.00. The van der Waals surface area contributed by atoms with E-state index in [1.54, 1.807) is 24.3 Å². The van der Waals surface area contributed by atoms with Crippen LogP contribution in [-0.2, 0) is 0 Å². The molecule has 0 aliphatic heterocycles. The summed E-state index contributed by atoms with van der Waals surface area (Å²) in [4.78, 5) is 10.7. The Morgan fingerprint density at radius 3 is 2.25 bits per heavy atom. The molecule has 0 atom stereocenters. The van der Waals surface area contributed by atoms with E-state index in [4.69, 9.17) is 14.6 Å². The van der Waals surface area contributed by atoms with Gasteiger partial charge in [0.15, 0.2) is 0 Å². The number of ether oxygens (including phenoxy) is 2. The van der Waals surface area contributed by atoms with E-state index in [2.05, 4.69) is 0 Å². The Morgan fingerprint density at radius 2 is 1.65 bits per heavy atom. The predicted molar refractivity (Wildman–Crippen MR) is 70.8 cm³/mol. The second kappa shape index (κ2) is 6.56. The molecule has 0 aromatic heterocycles. The molecular weight excluding hydrogens is 263 g/mol. The highest BCUT2D eigenvalue weighted by molar-refractivity contribution is 5.87. The van der Waals surface area contributed by atoms with Crippen LogP contribution in [0.2, 0.25) is 0 Å². The number of carbonyl (C=O) groups is 1. The Hall–Kier alpha value is -2.56. The zero-order valence-electron chi connectivity index (χ0n) is 10.6. The van der Waals surface area contributed by atoms with Gasteiger partial charge in [0, 0.05) is 6.07 Å². The van der Waals surface area contributed by atoms with E-state index in [1.807, 2.05) is 0 Å². The average molecular weight is 276 g/mol. The van der Waals surface area contributed by atoms with Crippen LogP contribution in [0.1, 0.15) is 10.4 Å². The molecule has 2 rings (SSSR count). The maximum atomic E-state index is 12.9. The number of benzene rings is 2. The Balaban J connectivity index is 1.77. The van der Waals surface area contributed by atoms with Crippen molar-refractivity contribution < 1.29 is 23.8 Å². The number of hydrogen-bond donors (Lipinski definition) is 1. The van der Waals surface area contributed by atoms with Crippen LogP contribution in [-0.4, -0.2) is 24.3 Å². The van der Waals surface area contributed by atoms with Crippen molar-refractivity contribution in [2.24, 2.45) is 0 Å². The summed E-state index contributed by atoms with van der Waals surface area (Å²) < 4.78 is 23.6. The van der Waals surface area contributed by atoms with E-state index < -0.39 is 5.97 Å². The third-order valence-corrected chi connectivity index (χ3v) is 2.52. The third-order valence-electron chi connectivity index (χ3n) is 2.52. The molecule has 0 fully saturated rings. The van der Waals surface area contributed by atoms with Gasteiger partial charge in [-0.25, -0.2) is 9.18 Å².